The van der Waals surface area contributed by atoms with Gasteiger partial charge in [0.15, 0.2) is 9.84 Å². The molecule has 4 nitrogen and oxygen atoms in total. The number of para-hydroxylation sites is 1. The normalized spacial score (nSPS) is 17.1. The van der Waals surface area contributed by atoms with Crippen molar-refractivity contribution in [1.82, 2.24) is 0 Å². The molecule has 1 aliphatic rings. The van der Waals surface area contributed by atoms with Crippen molar-refractivity contribution in [1.29, 1.82) is 0 Å². The monoisotopic (exact) mass is 329 g/mol. The lowest BCUT2D eigenvalue weighted by Gasteiger charge is -2.22. The first kappa shape index (κ1) is 15.7. The summed E-state index contributed by atoms with van der Waals surface area (Å²) in [4.78, 5) is 14.6. The highest BCUT2D eigenvalue weighted by molar-refractivity contribution is 7.91. The third-order valence-electron chi connectivity index (χ3n) is 4.16. The minimum atomic E-state index is -3.43. The van der Waals surface area contributed by atoms with Gasteiger partial charge in [-0.15, -0.1) is 0 Å². The Kier molecular flexibility index (Phi) is 4.22. The zero-order valence-electron chi connectivity index (χ0n) is 13.0. The highest BCUT2D eigenvalue weighted by atomic mass is 32.2. The third-order valence-corrected chi connectivity index (χ3v) is 5.89. The van der Waals surface area contributed by atoms with E-state index in [1.165, 1.54) is 0 Å². The minimum Gasteiger partial charge on any atom is -0.309 e. The largest absolute Gasteiger partial charge is 0.309 e. The van der Waals surface area contributed by atoms with Crippen LogP contribution < -0.4 is 4.90 Å². The predicted molar refractivity (Wildman–Crippen MR) is 90.2 cm³/mol. The Hall–Kier alpha value is -2.14. The van der Waals surface area contributed by atoms with Crippen LogP contribution in [0.5, 0.6) is 0 Å². The van der Waals surface area contributed by atoms with Gasteiger partial charge in [0.1, 0.15) is 0 Å². The summed E-state index contributed by atoms with van der Waals surface area (Å²) in [6.07, 6.45) is 0.809. The van der Waals surface area contributed by atoms with Gasteiger partial charge in [0.2, 0.25) is 5.91 Å². The predicted octanol–water partition coefficient (Wildman–Crippen LogP) is 2.83. The van der Waals surface area contributed by atoms with Gasteiger partial charge in [0.25, 0.3) is 0 Å². The van der Waals surface area contributed by atoms with E-state index >= 15 is 0 Å². The maximum absolute atomic E-state index is 12.6. The lowest BCUT2D eigenvalue weighted by Crippen LogP contribution is -2.36. The molecular weight excluding hydrogens is 310 g/mol. The Morgan fingerprint density at radius 3 is 2.48 bits per heavy atom. The van der Waals surface area contributed by atoms with Gasteiger partial charge in [-0.3, -0.25) is 4.79 Å². The number of nitrogens with zero attached hydrogens (tertiary/aromatic N) is 1. The van der Waals surface area contributed by atoms with E-state index in [1.54, 1.807) is 35.2 Å². The number of benzene rings is 2. The number of carbonyl (C=O) groups is 1. The third kappa shape index (κ3) is 3.15. The van der Waals surface area contributed by atoms with Crippen molar-refractivity contribution in [2.24, 2.45) is 0 Å². The van der Waals surface area contributed by atoms with E-state index in [1.807, 2.05) is 31.2 Å². The molecule has 0 bridgehead atoms. The van der Waals surface area contributed by atoms with E-state index < -0.39 is 9.84 Å². The molecule has 1 unspecified atom stereocenters. The van der Waals surface area contributed by atoms with Crippen molar-refractivity contribution in [3.8, 4) is 0 Å². The summed E-state index contributed by atoms with van der Waals surface area (Å²) < 4.78 is 24.6. The first-order chi connectivity index (χ1) is 11.0. The molecule has 1 atom stereocenters. The average molecular weight is 329 g/mol. The minimum absolute atomic E-state index is 0.00407. The Labute approximate surface area is 136 Å². The van der Waals surface area contributed by atoms with E-state index in [4.69, 9.17) is 0 Å². The Bertz CT molecular complexity index is 815. The molecule has 0 N–H and O–H groups in total. The van der Waals surface area contributed by atoms with Gasteiger partial charge in [-0.1, -0.05) is 36.4 Å². The summed E-state index contributed by atoms with van der Waals surface area (Å²) in [5.74, 6) is -0.303. The van der Waals surface area contributed by atoms with Gasteiger partial charge in [0.05, 0.1) is 10.6 Å². The number of hydrogen-bond donors (Lipinski definition) is 0. The van der Waals surface area contributed by atoms with Gasteiger partial charge in [-0.25, -0.2) is 8.42 Å². The van der Waals surface area contributed by atoms with Crippen molar-refractivity contribution < 1.29 is 13.2 Å². The highest BCUT2D eigenvalue weighted by Gasteiger charge is 2.31. The Morgan fingerprint density at radius 2 is 1.74 bits per heavy atom. The molecule has 0 fully saturated rings. The first-order valence-corrected chi connectivity index (χ1v) is 9.32. The van der Waals surface area contributed by atoms with Crippen LogP contribution in [-0.2, 0) is 21.1 Å². The zero-order chi connectivity index (χ0) is 16.4. The van der Waals surface area contributed by atoms with E-state index in [0.717, 1.165) is 17.7 Å². The molecule has 0 saturated carbocycles. The van der Waals surface area contributed by atoms with E-state index in [2.05, 4.69) is 0 Å². The first-order valence-electron chi connectivity index (χ1n) is 7.67. The van der Waals surface area contributed by atoms with Crippen LogP contribution in [-0.4, -0.2) is 26.1 Å². The van der Waals surface area contributed by atoms with Gasteiger partial charge < -0.3 is 4.90 Å². The summed E-state index contributed by atoms with van der Waals surface area (Å²) in [5.41, 5.74) is 2.04. The number of amides is 1. The van der Waals surface area contributed by atoms with Crippen molar-refractivity contribution in [2.45, 2.75) is 30.7 Å². The SMILES string of the molecule is CC1Cc2ccccc2N1C(=O)CCS(=O)(=O)c1ccccc1. The Balaban J connectivity index is 1.73. The second kappa shape index (κ2) is 6.16. The standard InChI is InChI=1S/C18H19NO3S/c1-14-13-15-7-5-6-10-17(15)19(14)18(20)11-12-23(21,22)16-8-3-2-4-9-16/h2-10,14H,11-13H2,1H3. The molecule has 1 aliphatic heterocycles. The van der Waals surface area contributed by atoms with Gasteiger partial charge >= 0.3 is 0 Å². The van der Waals surface area contributed by atoms with Crippen LogP contribution in [0.15, 0.2) is 59.5 Å². The molecule has 1 heterocycles. The van der Waals surface area contributed by atoms with Crippen LogP contribution in [0.25, 0.3) is 0 Å². The number of carbonyl (C=O) groups excluding carboxylic acids is 1. The van der Waals surface area contributed by atoms with Crippen LogP contribution in [0.2, 0.25) is 0 Å². The number of fused-ring (bicyclic) bond motifs is 1. The van der Waals surface area contributed by atoms with Crippen LogP contribution in [0.3, 0.4) is 0 Å². The maximum Gasteiger partial charge on any atom is 0.228 e. The Morgan fingerprint density at radius 1 is 1.09 bits per heavy atom. The molecular formula is C18H19NO3S. The van der Waals surface area contributed by atoms with E-state index in [-0.39, 0.29) is 29.0 Å². The summed E-state index contributed by atoms with van der Waals surface area (Å²) in [6.45, 7) is 1.99. The molecule has 3 rings (SSSR count). The summed E-state index contributed by atoms with van der Waals surface area (Å²) >= 11 is 0. The molecule has 5 heteroatoms. The highest BCUT2D eigenvalue weighted by Crippen LogP contribution is 2.32. The molecule has 0 spiro atoms. The fourth-order valence-corrected chi connectivity index (χ4v) is 4.28. The molecule has 120 valence electrons. The quantitative estimate of drug-likeness (QED) is 0.867. The van der Waals surface area contributed by atoms with Crippen LogP contribution in [0.1, 0.15) is 18.9 Å². The van der Waals surface area contributed by atoms with Gasteiger partial charge in [-0.05, 0) is 37.1 Å². The number of anilines is 1. The lowest BCUT2D eigenvalue weighted by molar-refractivity contribution is -0.118. The summed E-state index contributed by atoms with van der Waals surface area (Å²) in [5, 5.41) is 0. The average Bonchev–Trinajstić information content (AvgIpc) is 2.89. The molecule has 0 aliphatic carbocycles. The second-order valence-corrected chi connectivity index (χ2v) is 7.94. The number of sulfone groups is 1. The van der Waals surface area contributed by atoms with Crippen molar-refractivity contribution in [3.05, 3.63) is 60.2 Å². The smallest absolute Gasteiger partial charge is 0.228 e. The molecule has 0 saturated heterocycles. The fraction of sp³-hybridized carbons (Fsp3) is 0.278. The van der Waals surface area contributed by atoms with Crippen LogP contribution in [0.4, 0.5) is 5.69 Å². The molecule has 2 aromatic carbocycles. The molecule has 0 radical (unpaired) electrons. The van der Waals surface area contributed by atoms with Crippen molar-refractivity contribution in [3.63, 3.8) is 0 Å². The molecule has 23 heavy (non-hydrogen) atoms. The topological polar surface area (TPSA) is 54.5 Å². The van der Waals surface area contributed by atoms with E-state index in [0.29, 0.717) is 0 Å². The fourth-order valence-electron chi connectivity index (χ4n) is 3.03. The molecule has 2 aromatic rings. The lowest BCUT2D eigenvalue weighted by atomic mass is 10.1. The van der Waals surface area contributed by atoms with Crippen molar-refractivity contribution in [2.75, 3.05) is 10.7 Å². The number of hydrogen-bond acceptors (Lipinski definition) is 3. The maximum atomic E-state index is 12.6. The second-order valence-electron chi connectivity index (χ2n) is 5.83. The van der Waals surface area contributed by atoms with Crippen LogP contribution >= 0.6 is 0 Å². The van der Waals surface area contributed by atoms with Gasteiger partial charge in [-0.2, -0.15) is 0 Å². The van der Waals surface area contributed by atoms with E-state index in [9.17, 15) is 13.2 Å². The van der Waals surface area contributed by atoms with Crippen LogP contribution in [0, 0.1) is 0 Å². The van der Waals surface area contributed by atoms with Gasteiger partial charge in [0, 0.05) is 18.2 Å². The summed E-state index contributed by atoms with van der Waals surface area (Å²) in [6, 6.07) is 16.1. The number of rotatable bonds is 4. The molecule has 1 amide bonds. The summed E-state index contributed by atoms with van der Waals surface area (Å²) in [7, 11) is -3.43. The van der Waals surface area contributed by atoms with Crippen molar-refractivity contribution >= 4 is 21.4 Å². The molecule has 0 aromatic heterocycles. The zero-order valence-corrected chi connectivity index (χ0v) is 13.8.